The smallest absolute Gasteiger partial charge is 0.132 e. The molecule has 1 fully saturated rings. The Hall–Kier alpha value is -2.29. The predicted molar refractivity (Wildman–Crippen MR) is 94.4 cm³/mol. The number of rotatable bonds is 4. The van der Waals surface area contributed by atoms with Crippen LogP contribution in [0.25, 0.3) is 5.70 Å². The van der Waals surface area contributed by atoms with E-state index in [9.17, 15) is 4.39 Å². The number of benzene rings is 2. The molecule has 1 aliphatic heterocycles. The molecule has 0 aromatic heterocycles. The summed E-state index contributed by atoms with van der Waals surface area (Å²) in [5.41, 5.74) is 10.3. The van der Waals surface area contributed by atoms with E-state index < -0.39 is 0 Å². The third-order valence-electron chi connectivity index (χ3n) is 4.65. The van der Waals surface area contributed by atoms with Crippen LogP contribution in [0.2, 0.25) is 0 Å². The lowest BCUT2D eigenvalue weighted by molar-refractivity contribution is 0.455. The lowest BCUT2D eigenvalue weighted by atomic mass is 9.98. The van der Waals surface area contributed by atoms with Crippen molar-refractivity contribution in [2.45, 2.75) is 19.8 Å². The summed E-state index contributed by atoms with van der Waals surface area (Å²) in [5.74, 6) is 0.370. The van der Waals surface area contributed by atoms with Gasteiger partial charge in [0.05, 0.1) is 0 Å². The quantitative estimate of drug-likeness (QED) is 0.855. The zero-order valence-corrected chi connectivity index (χ0v) is 13.6. The van der Waals surface area contributed by atoms with Gasteiger partial charge in [-0.05, 0) is 55.0 Å². The van der Waals surface area contributed by atoms with E-state index in [-0.39, 0.29) is 5.82 Å². The fourth-order valence-corrected chi connectivity index (χ4v) is 3.45. The van der Waals surface area contributed by atoms with Gasteiger partial charge in [0.1, 0.15) is 5.82 Å². The lowest BCUT2D eigenvalue weighted by Crippen LogP contribution is -2.20. The summed E-state index contributed by atoms with van der Waals surface area (Å²) in [6.45, 7) is 7.93. The number of halogens is 1. The summed E-state index contributed by atoms with van der Waals surface area (Å²) in [6.07, 6.45) is 2.10. The second-order valence-corrected chi connectivity index (χ2v) is 6.43. The van der Waals surface area contributed by atoms with Crippen LogP contribution in [-0.2, 0) is 6.42 Å². The van der Waals surface area contributed by atoms with Crippen LogP contribution in [-0.4, -0.2) is 18.0 Å². The molecule has 2 aromatic carbocycles. The minimum atomic E-state index is -0.186. The van der Waals surface area contributed by atoms with Crippen LogP contribution in [0.1, 0.15) is 23.1 Å². The summed E-state index contributed by atoms with van der Waals surface area (Å²) in [5, 5.41) is 0. The van der Waals surface area contributed by atoms with E-state index in [0.29, 0.717) is 11.5 Å². The van der Waals surface area contributed by atoms with Crippen molar-refractivity contribution in [3.05, 3.63) is 71.6 Å². The maximum atomic E-state index is 14.1. The van der Waals surface area contributed by atoms with Gasteiger partial charge in [-0.2, -0.15) is 0 Å². The number of hydrogen-bond acceptors (Lipinski definition) is 2. The van der Waals surface area contributed by atoms with Crippen LogP contribution in [0.15, 0.2) is 49.0 Å². The number of likely N-dealkylation sites (tertiary alicyclic amines) is 1. The number of hydrogen-bond donors (Lipinski definition) is 1. The Morgan fingerprint density at radius 1 is 1.30 bits per heavy atom. The summed E-state index contributed by atoms with van der Waals surface area (Å²) in [7, 11) is 0. The molecular formula is C20H23FN2. The molecule has 0 spiro atoms. The van der Waals surface area contributed by atoms with Gasteiger partial charge in [0.15, 0.2) is 0 Å². The van der Waals surface area contributed by atoms with Crippen molar-refractivity contribution in [2.24, 2.45) is 5.92 Å². The summed E-state index contributed by atoms with van der Waals surface area (Å²) in [6, 6.07) is 13.3. The molecule has 2 aromatic rings. The van der Waals surface area contributed by atoms with Crippen LogP contribution in [0, 0.1) is 18.7 Å². The topological polar surface area (TPSA) is 29.3 Å². The van der Waals surface area contributed by atoms with Crippen LogP contribution in [0.3, 0.4) is 0 Å². The molecule has 1 aliphatic rings. The van der Waals surface area contributed by atoms with E-state index in [1.54, 1.807) is 6.07 Å². The largest absolute Gasteiger partial charge is 0.399 e. The highest BCUT2D eigenvalue weighted by molar-refractivity contribution is 5.65. The van der Waals surface area contributed by atoms with Gasteiger partial charge >= 0.3 is 0 Å². The first-order valence-corrected chi connectivity index (χ1v) is 8.08. The zero-order valence-electron chi connectivity index (χ0n) is 13.6. The van der Waals surface area contributed by atoms with Gasteiger partial charge in [-0.1, -0.05) is 30.8 Å². The normalized spacial score (nSPS) is 17.5. The number of nitrogens with two attached hydrogens (primary N) is 1. The average Bonchev–Trinajstić information content (AvgIpc) is 2.95. The second-order valence-electron chi connectivity index (χ2n) is 6.43. The summed E-state index contributed by atoms with van der Waals surface area (Å²) in [4.78, 5) is 2.21. The standard InChI is InChI=1S/C20H23FN2/c1-14-5-3-8-19(21)20(14)15(2)23-10-9-17(13-23)11-16-6-4-7-18(22)12-16/h3-8,12,17H,2,9-11,13,22H2,1H3/t17-/m1/s1. The average molecular weight is 310 g/mol. The first-order chi connectivity index (χ1) is 11.0. The Bertz CT molecular complexity index is 703. The summed E-state index contributed by atoms with van der Waals surface area (Å²) >= 11 is 0. The first-order valence-electron chi connectivity index (χ1n) is 8.08. The summed E-state index contributed by atoms with van der Waals surface area (Å²) < 4.78 is 14.1. The third kappa shape index (κ3) is 3.39. The second kappa shape index (κ2) is 6.45. The van der Waals surface area contributed by atoms with Crippen molar-refractivity contribution in [3.63, 3.8) is 0 Å². The zero-order chi connectivity index (χ0) is 16.4. The van der Waals surface area contributed by atoms with E-state index in [1.807, 2.05) is 31.2 Å². The molecule has 0 bridgehead atoms. The maximum absolute atomic E-state index is 14.1. The van der Waals surface area contributed by atoms with E-state index in [2.05, 4.69) is 17.5 Å². The van der Waals surface area contributed by atoms with Crippen molar-refractivity contribution in [1.82, 2.24) is 4.90 Å². The molecule has 0 amide bonds. The van der Waals surface area contributed by atoms with E-state index in [0.717, 1.165) is 42.9 Å². The van der Waals surface area contributed by atoms with Gasteiger partial charge < -0.3 is 10.6 Å². The Morgan fingerprint density at radius 2 is 2.09 bits per heavy atom. The molecule has 0 radical (unpaired) electrons. The lowest BCUT2D eigenvalue weighted by Gasteiger charge is -2.23. The van der Waals surface area contributed by atoms with Crippen molar-refractivity contribution in [3.8, 4) is 0 Å². The third-order valence-corrected chi connectivity index (χ3v) is 4.65. The minimum Gasteiger partial charge on any atom is -0.399 e. The molecule has 3 heteroatoms. The number of aryl methyl sites for hydroxylation is 1. The molecule has 2 N–H and O–H groups in total. The van der Waals surface area contributed by atoms with Crippen molar-refractivity contribution >= 4 is 11.4 Å². The number of nitrogens with zero attached hydrogens (tertiary/aromatic N) is 1. The number of anilines is 1. The Kier molecular flexibility index (Phi) is 4.37. The van der Waals surface area contributed by atoms with Crippen molar-refractivity contribution in [2.75, 3.05) is 18.8 Å². The highest BCUT2D eigenvalue weighted by atomic mass is 19.1. The molecule has 120 valence electrons. The molecule has 2 nitrogen and oxygen atoms in total. The maximum Gasteiger partial charge on any atom is 0.132 e. The van der Waals surface area contributed by atoms with Gasteiger partial charge in [0.2, 0.25) is 0 Å². The highest BCUT2D eigenvalue weighted by Gasteiger charge is 2.25. The SMILES string of the molecule is C=C(c1c(C)cccc1F)N1CC[C@H](Cc2cccc(N)c2)C1. The molecule has 23 heavy (non-hydrogen) atoms. The molecule has 0 saturated carbocycles. The van der Waals surface area contributed by atoms with Crippen LogP contribution < -0.4 is 5.73 Å². The van der Waals surface area contributed by atoms with Gasteiger partial charge in [-0.25, -0.2) is 4.39 Å². The van der Waals surface area contributed by atoms with E-state index >= 15 is 0 Å². The fraction of sp³-hybridized carbons (Fsp3) is 0.300. The van der Waals surface area contributed by atoms with Gasteiger partial charge in [0.25, 0.3) is 0 Å². The first kappa shape index (κ1) is 15.6. The Labute approximate surface area is 137 Å². The molecule has 1 heterocycles. The van der Waals surface area contributed by atoms with Gasteiger partial charge in [-0.3, -0.25) is 0 Å². The minimum absolute atomic E-state index is 0.186. The molecule has 1 atom stereocenters. The van der Waals surface area contributed by atoms with Crippen molar-refractivity contribution < 1.29 is 4.39 Å². The van der Waals surface area contributed by atoms with E-state index in [1.165, 1.54) is 11.6 Å². The fourth-order valence-electron chi connectivity index (χ4n) is 3.45. The Balaban J connectivity index is 1.69. The van der Waals surface area contributed by atoms with Crippen LogP contribution >= 0.6 is 0 Å². The van der Waals surface area contributed by atoms with Gasteiger partial charge in [0, 0.05) is 30.0 Å². The molecule has 1 saturated heterocycles. The van der Waals surface area contributed by atoms with Crippen molar-refractivity contribution in [1.29, 1.82) is 0 Å². The van der Waals surface area contributed by atoms with E-state index in [4.69, 9.17) is 5.73 Å². The molecule has 0 aliphatic carbocycles. The van der Waals surface area contributed by atoms with Crippen LogP contribution in [0.4, 0.5) is 10.1 Å². The predicted octanol–water partition coefficient (Wildman–Crippen LogP) is 4.25. The monoisotopic (exact) mass is 310 g/mol. The molecule has 0 unspecified atom stereocenters. The van der Waals surface area contributed by atoms with Gasteiger partial charge in [-0.15, -0.1) is 0 Å². The molecular weight excluding hydrogens is 287 g/mol. The Morgan fingerprint density at radius 3 is 2.83 bits per heavy atom. The number of nitrogen functional groups attached to an aromatic ring is 1. The molecule has 3 rings (SSSR count). The highest BCUT2D eigenvalue weighted by Crippen LogP contribution is 2.30. The van der Waals surface area contributed by atoms with Crippen LogP contribution in [0.5, 0.6) is 0 Å².